The minimum absolute atomic E-state index is 0.153. The first-order chi connectivity index (χ1) is 9.47. The van der Waals surface area contributed by atoms with Crippen molar-refractivity contribution in [1.82, 2.24) is 9.80 Å². The van der Waals surface area contributed by atoms with Crippen molar-refractivity contribution in [2.45, 2.75) is 53.0 Å². The van der Waals surface area contributed by atoms with Crippen LogP contribution in [0.4, 0.5) is 0 Å². The molecule has 1 aliphatic heterocycles. The predicted molar refractivity (Wildman–Crippen MR) is 84.5 cm³/mol. The molecule has 4 heteroatoms. The lowest BCUT2D eigenvalue weighted by atomic mass is 9.95. The maximum absolute atomic E-state index is 12.3. The van der Waals surface area contributed by atoms with Gasteiger partial charge < -0.3 is 15.5 Å². The fourth-order valence-electron chi connectivity index (χ4n) is 3.03. The van der Waals surface area contributed by atoms with Gasteiger partial charge in [-0.25, -0.2) is 0 Å². The zero-order valence-corrected chi connectivity index (χ0v) is 13.8. The second-order valence-corrected chi connectivity index (χ2v) is 6.49. The lowest BCUT2D eigenvalue weighted by molar-refractivity contribution is -0.134. The van der Waals surface area contributed by atoms with Crippen LogP contribution < -0.4 is 5.73 Å². The summed E-state index contributed by atoms with van der Waals surface area (Å²) < 4.78 is 0. The van der Waals surface area contributed by atoms with Gasteiger partial charge in [0, 0.05) is 19.6 Å². The van der Waals surface area contributed by atoms with Crippen molar-refractivity contribution in [3.8, 4) is 0 Å². The zero-order chi connectivity index (χ0) is 15.1. The van der Waals surface area contributed by atoms with Crippen molar-refractivity contribution in [3.63, 3.8) is 0 Å². The van der Waals surface area contributed by atoms with Crippen LogP contribution in [0, 0.1) is 11.8 Å². The van der Waals surface area contributed by atoms with Crippen molar-refractivity contribution < 1.29 is 4.79 Å². The van der Waals surface area contributed by atoms with Gasteiger partial charge in [0.2, 0.25) is 5.91 Å². The standard InChI is InChI=1S/C16H33N3O/c1-5-18(6-2)12-14-7-9-19(10-8-14)16(20)15(17)11-13(3)4/h13-15H,5-12,17H2,1-4H3/t15-/m1/s1. The summed E-state index contributed by atoms with van der Waals surface area (Å²) in [6.07, 6.45) is 3.03. The molecule has 2 N–H and O–H groups in total. The Morgan fingerprint density at radius 2 is 1.80 bits per heavy atom. The molecule has 20 heavy (non-hydrogen) atoms. The molecule has 1 atom stereocenters. The summed E-state index contributed by atoms with van der Waals surface area (Å²) in [7, 11) is 0. The third-order valence-corrected chi connectivity index (χ3v) is 4.38. The van der Waals surface area contributed by atoms with E-state index in [0.717, 1.165) is 51.4 Å². The Labute approximate surface area is 124 Å². The normalized spacial score (nSPS) is 18.9. The Morgan fingerprint density at radius 1 is 1.25 bits per heavy atom. The zero-order valence-electron chi connectivity index (χ0n) is 13.8. The highest BCUT2D eigenvalue weighted by Crippen LogP contribution is 2.19. The van der Waals surface area contributed by atoms with Gasteiger partial charge in [-0.2, -0.15) is 0 Å². The molecule has 0 bridgehead atoms. The summed E-state index contributed by atoms with van der Waals surface area (Å²) in [6, 6.07) is -0.311. The number of likely N-dealkylation sites (tertiary alicyclic amines) is 1. The minimum atomic E-state index is -0.311. The van der Waals surface area contributed by atoms with Crippen LogP contribution in [0.25, 0.3) is 0 Å². The number of amides is 1. The van der Waals surface area contributed by atoms with E-state index in [1.165, 1.54) is 6.54 Å². The van der Waals surface area contributed by atoms with E-state index in [9.17, 15) is 4.79 Å². The molecule has 0 aromatic heterocycles. The monoisotopic (exact) mass is 283 g/mol. The van der Waals surface area contributed by atoms with E-state index in [1.807, 2.05) is 4.90 Å². The van der Waals surface area contributed by atoms with Crippen LogP contribution in [0.15, 0.2) is 0 Å². The second kappa shape index (κ2) is 8.63. The summed E-state index contributed by atoms with van der Waals surface area (Å²) in [5.41, 5.74) is 6.01. The van der Waals surface area contributed by atoms with Gasteiger partial charge in [0.15, 0.2) is 0 Å². The van der Waals surface area contributed by atoms with Crippen molar-refractivity contribution in [3.05, 3.63) is 0 Å². The average Bonchev–Trinajstić information content (AvgIpc) is 2.43. The molecule has 1 aliphatic rings. The Hall–Kier alpha value is -0.610. The van der Waals surface area contributed by atoms with E-state index in [2.05, 4.69) is 32.6 Å². The Balaban J connectivity index is 2.36. The number of hydrogen-bond acceptors (Lipinski definition) is 3. The lowest BCUT2D eigenvalue weighted by Gasteiger charge is -2.35. The number of rotatable bonds is 7. The molecule has 0 saturated carbocycles. The maximum atomic E-state index is 12.3. The van der Waals surface area contributed by atoms with Crippen LogP contribution in [-0.4, -0.2) is 54.5 Å². The van der Waals surface area contributed by atoms with Crippen LogP contribution in [0.3, 0.4) is 0 Å². The first-order valence-corrected chi connectivity index (χ1v) is 8.24. The number of piperidine rings is 1. The molecule has 1 fully saturated rings. The van der Waals surface area contributed by atoms with Crippen molar-refractivity contribution in [2.75, 3.05) is 32.7 Å². The number of hydrogen-bond donors (Lipinski definition) is 1. The molecule has 1 amide bonds. The molecule has 0 aliphatic carbocycles. The van der Waals surface area contributed by atoms with E-state index in [1.54, 1.807) is 0 Å². The van der Waals surface area contributed by atoms with E-state index in [-0.39, 0.29) is 11.9 Å². The molecule has 0 radical (unpaired) electrons. The average molecular weight is 283 g/mol. The van der Waals surface area contributed by atoms with Gasteiger partial charge >= 0.3 is 0 Å². The van der Waals surface area contributed by atoms with Gasteiger partial charge in [0.25, 0.3) is 0 Å². The molecule has 1 rings (SSSR count). The Kier molecular flexibility index (Phi) is 7.52. The van der Waals surface area contributed by atoms with Crippen molar-refractivity contribution in [2.24, 2.45) is 17.6 Å². The Bertz CT molecular complexity index is 281. The smallest absolute Gasteiger partial charge is 0.239 e. The highest BCUT2D eigenvalue weighted by molar-refractivity contribution is 5.81. The van der Waals surface area contributed by atoms with Crippen LogP contribution >= 0.6 is 0 Å². The fourth-order valence-corrected chi connectivity index (χ4v) is 3.03. The van der Waals surface area contributed by atoms with Gasteiger partial charge in [0.05, 0.1) is 6.04 Å². The molecule has 0 aromatic carbocycles. The number of carbonyl (C=O) groups is 1. The highest BCUT2D eigenvalue weighted by atomic mass is 16.2. The number of nitrogens with two attached hydrogens (primary N) is 1. The SMILES string of the molecule is CCN(CC)CC1CCN(C(=O)[C@H](N)CC(C)C)CC1. The summed E-state index contributed by atoms with van der Waals surface area (Å²) in [6.45, 7) is 13.8. The maximum Gasteiger partial charge on any atom is 0.239 e. The topological polar surface area (TPSA) is 49.6 Å². The van der Waals surface area contributed by atoms with E-state index < -0.39 is 0 Å². The van der Waals surface area contributed by atoms with E-state index in [4.69, 9.17) is 5.73 Å². The molecule has 1 heterocycles. The highest BCUT2D eigenvalue weighted by Gasteiger charge is 2.27. The molecule has 0 unspecified atom stereocenters. The van der Waals surface area contributed by atoms with Gasteiger partial charge in [-0.3, -0.25) is 4.79 Å². The first kappa shape index (κ1) is 17.4. The molecular formula is C16H33N3O. The van der Waals surface area contributed by atoms with Crippen LogP contribution in [-0.2, 0) is 4.79 Å². The van der Waals surface area contributed by atoms with Crippen LogP contribution in [0.2, 0.25) is 0 Å². The first-order valence-electron chi connectivity index (χ1n) is 8.24. The lowest BCUT2D eigenvalue weighted by Crippen LogP contribution is -2.48. The summed E-state index contributed by atoms with van der Waals surface area (Å²) in [5, 5.41) is 0. The van der Waals surface area contributed by atoms with Gasteiger partial charge in [-0.05, 0) is 44.2 Å². The van der Waals surface area contributed by atoms with E-state index in [0.29, 0.717) is 5.92 Å². The third-order valence-electron chi connectivity index (χ3n) is 4.38. The van der Waals surface area contributed by atoms with Crippen LogP contribution in [0.1, 0.15) is 47.0 Å². The molecule has 4 nitrogen and oxygen atoms in total. The van der Waals surface area contributed by atoms with Crippen molar-refractivity contribution >= 4 is 5.91 Å². The summed E-state index contributed by atoms with van der Waals surface area (Å²) in [4.78, 5) is 16.7. The van der Waals surface area contributed by atoms with Gasteiger partial charge in [-0.15, -0.1) is 0 Å². The number of nitrogens with zero attached hydrogens (tertiary/aromatic N) is 2. The third kappa shape index (κ3) is 5.41. The van der Waals surface area contributed by atoms with E-state index >= 15 is 0 Å². The quantitative estimate of drug-likeness (QED) is 0.777. The molecule has 0 aromatic rings. The largest absolute Gasteiger partial charge is 0.341 e. The number of carbonyl (C=O) groups excluding carboxylic acids is 1. The fraction of sp³-hybridized carbons (Fsp3) is 0.938. The van der Waals surface area contributed by atoms with Gasteiger partial charge in [-0.1, -0.05) is 27.7 Å². The summed E-state index contributed by atoms with van der Waals surface area (Å²) in [5.74, 6) is 1.37. The van der Waals surface area contributed by atoms with Gasteiger partial charge in [0.1, 0.15) is 0 Å². The molecule has 0 spiro atoms. The molecular weight excluding hydrogens is 250 g/mol. The summed E-state index contributed by atoms with van der Waals surface area (Å²) >= 11 is 0. The molecule has 118 valence electrons. The van der Waals surface area contributed by atoms with Crippen molar-refractivity contribution in [1.29, 1.82) is 0 Å². The molecule has 1 saturated heterocycles. The van der Waals surface area contributed by atoms with Crippen LogP contribution in [0.5, 0.6) is 0 Å². The predicted octanol–water partition coefficient (Wildman–Crippen LogP) is 1.94. The second-order valence-electron chi connectivity index (χ2n) is 6.49. The Morgan fingerprint density at radius 3 is 2.25 bits per heavy atom. The minimum Gasteiger partial charge on any atom is -0.341 e.